The Kier molecular flexibility index (Phi) is 4.50. The maximum atomic E-state index is 11.1. The zero-order chi connectivity index (χ0) is 10.4. The van der Waals surface area contributed by atoms with Gasteiger partial charge in [0.05, 0.1) is 13.7 Å². The zero-order valence-corrected chi connectivity index (χ0v) is 7.57. The Balaban J connectivity index is 4.31. The van der Waals surface area contributed by atoms with Crippen LogP contribution >= 0.6 is 0 Å². The topological polar surface area (TPSA) is 89.7 Å². The molecule has 0 heterocycles. The van der Waals surface area contributed by atoms with Crippen molar-refractivity contribution >= 4 is 17.8 Å². The maximum absolute atomic E-state index is 11.1. The molecule has 0 saturated carbocycles. The minimum Gasteiger partial charge on any atom is -0.462 e. The molecule has 0 aliphatic rings. The van der Waals surface area contributed by atoms with E-state index >= 15 is 0 Å². The number of carbonyl (C=O) groups excluding carboxylic acids is 3. The number of rotatable bonds is 3. The Morgan fingerprint density at radius 1 is 1.38 bits per heavy atom. The van der Waals surface area contributed by atoms with Crippen LogP contribution in [0.3, 0.4) is 0 Å². The van der Waals surface area contributed by atoms with Crippen LogP contribution in [0.15, 0.2) is 0 Å². The van der Waals surface area contributed by atoms with Crippen LogP contribution in [-0.4, -0.2) is 42.9 Å². The number of hydrogen-bond acceptors (Lipinski definition) is 4. The van der Waals surface area contributed by atoms with Crippen molar-refractivity contribution in [1.29, 1.82) is 0 Å². The molecular weight excluding hydrogens is 176 g/mol. The van der Waals surface area contributed by atoms with Crippen LogP contribution < -0.4 is 5.73 Å². The van der Waals surface area contributed by atoms with E-state index in [1.165, 1.54) is 0 Å². The Hall–Kier alpha value is -1.59. The number of esters is 1. The largest absolute Gasteiger partial charge is 0.462 e. The third-order valence-corrected chi connectivity index (χ3v) is 1.38. The summed E-state index contributed by atoms with van der Waals surface area (Å²) in [4.78, 5) is 33.3. The molecule has 0 spiro atoms. The smallest absolute Gasteiger partial charge is 0.396 e. The predicted molar refractivity (Wildman–Crippen MR) is 43.5 cm³/mol. The molecule has 13 heavy (non-hydrogen) atoms. The summed E-state index contributed by atoms with van der Waals surface area (Å²) < 4.78 is 4.19. The van der Waals surface area contributed by atoms with E-state index < -0.39 is 17.8 Å². The monoisotopic (exact) mass is 188 g/mol. The van der Waals surface area contributed by atoms with Gasteiger partial charge in [0.2, 0.25) is 5.91 Å². The van der Waals surface area contributed by atoms with Gasteiger partial charge in [0.25, 0.3) is 0 Å². The number of primary amides is 1. The lowest BCUT2D eigenvalue weighted by molar-refractivity contribution is -0.158. The minimum absolute atomic E-state index is 0.233. The lowest BCUT2D eigenvalue weighted by Crippen LogP contribution is -2.42. The molecule has 74 valence electrons. The van der Waals surface area contributed by atoms with Gasteiger partial charge in [-0.15, -0.1) is 0 Å². The quantitative estimate of drug-likeness (QED) is 0.431. The van der Waals surface area contributed by atoms with Gasteiger partial charge in [-0.3, -0.25) is 9.59 Å². The van der Waals surface area contributed by atoms with Gasteiger partial charge in [-0.2, -0.15) is 0 Å². The van der Waals surface area contributed by atoms with Crippen LogP contribution in [0, 0.1) is 0 Å². The number of likely N-dealkylation sites (N-methyl/N-ethyl adjacent to an activating group) is 1. The second kappa shape index (κ2) is 5.13. The fraction of sp³-hybridized carbons (Fsp3) is 0.571. The van der Waals surface area contributed by atoms with Crippen molar-refractivity contribution in [1.82, 2.24) is 4.90 Å². The summed E-state index contributed by atoms with van der Waals surface area (Å²) in [5.41, 5.74) is 4.86. The Bertz CT molecular complexity index is 227. The first-order valence-corrected chi connectivity index (χ1v) is 3.68. The van der Waals surface area contributed by atoms with E-state index in [0.29, 0.717) is 0 Å². The van der Waals surface area contributed by atoms with Crippen molar-refractivity contribution in [2.75, 3.05) is 20.2 Å². The van der Waals surface area contributed by atoms with E-state index in [-0.39, 0.29) is 13.1 Å². The highest BCUT2D eigenvalue weighted by molar-refractivity contribution is 6.32. The second-order valence-corrected chi connectivity index (χ2v) is 2.28. The molecule has 6 heteroatoms. The van der Waals surface area contributed by atoms with Gasteiger partial charge in [0, 0.05) is 6.54 Å². The van der Waals surface area contributed by atoms with Gasteiger partial charge >= 0.3 is 11.9 Å². The lowest BCUT2D eigenvalue weighted by Gasteiger charge is -2.16. The summed E-state index contributed by atoms with van der Waals surface area (Å²) in [5, 5.41) is 0. The number of methoxy groups -OCH3 is 1. The van der Waals surface area contributed by atoms with Crippen molar-refractivity contribution in [2.45, 2.75) is 6.92 Å². The van der Waals surface area contributed by atoms with Crippen molar-refractivity contribution in [3.05, 3.63) is 0 Å². The molecule has 0 aromatic rings. The SMILES string of the molecule is CCN(CC(N)=O)C(=O)C(=O)OC. The molecule has 0 unspecified atom stereocenters. The first kappa shape index (κ1) is 11.4. The van der Waals surface area contributed by atoms with Crippen LogP contribution in [0.5, 0.6) is 0 Å². The van der Waals surface area contributed by atoms with Crippen LogP contribution in [0.25, 0.3) is 0 Å². The average Bonchev–Trinajstić information content (AvgIpc) is 2.11. The van der Waals surface area contributed by atoms with Gasteiger partial charge < -0.3 is 15.4 Å². The number of amides is 2. The number of nitrogens with two attached hydrogens (primary N) is 1. The zero-order valence-electron chi connectivity index (χ0n) is 7.57. The number of hydrogen-bond donors (Lipinski definition) is 1. The molecule has 0 aromatic heterocycles. The molecule has 0 fully saturated rings. The molecule has 0 aliphatic heterocycles. The van der Waals surface area contributed by atoms with Gasteiger partial charge in [-0.1, -0.05) is 0 Å². The van der Waals surface area contributed by atoms with Crippen LogP contribution in [0.1, 0.15) is 6.92 Å². The molecule has 0 radical (unpaired) electrons. The summed E-state index contributed by atoms with van der Waals surface area (Å²) in [6.45, 7) is 1.59. The molecule has 0 rings (SSSR count). The van der Waals surface area contributed by atoms with Crippen LogP contribution in [-0.2, 0) is 19.1 Å². The van der Waals surface area contributed by atoms with Gasteiger partial charge in [0.15, 0.2) is 0 Å². The van der Waals surface area contributed by atoms with Gasteiger partial charge in [0.1, 0.15) is 0 Å². The molecule has 0 saturated heterocycles. The highest BCUT2D eigenvalue weighted by atomic mass is 16.5. The Morgan fingerprint density at radius 3 is 2.23 bits per heavy atom. The minimum atomic E-state index is -0.997. The summed E-state index contributed by atoms with van der Waals surface area (Å²) in [6, 6.07) is 0. The highest BCUT2D eigenvalue weighted by Gasteiger charge is 2.21. The van der Waals surface area contributed by atoms with E-state index in [1.54, 1.807) is 6.92 Å². The van der Waals surface area contributed by atoms with Crippen molar-refractivity contribution in [2.24, 2.45) is 5.73 Å². The Morgan fingerprint density at radius 2 is 1.92 bits per heavy atom. The average molecular weight is 188 g/mol. The van der Waals surface area contributed by atoms with E-state index in [4.69, 9.17) is 5.73 Å². The molecule has 2 N–H and O–H groups in total. The number of ether oxygens (including phenoxy) is 1. The first-order valence-electron chi connectivity index (χ1n) is 3.68. The summed E-state index contributed by atoms with van der Waals surface area (Å²) in [7, 11) is 1.10. The molecule has 0 aromatic carbocycles. The molecule has 0 atom stereocenters. The summed E-state index contributed by atoms with van der Waals surface area (Å²) in [5.74, 6) is -2.52. The molecule has 0 bridgehead atoms. The standard InChI is InChI=1S/C7H12N2O4/c1-3-9(4-5(8)10)6(11)7(12)13-2/h3-4H2,1-2H3,(H2,8,10). The van der Waals surface area contributed by atoms with Crippen molar-refractivity contribution in [3.8, 4) is 0 Å². The van der Waals surface area contributed by atoms with Crippen molar-refractivity contribution in [3.63, 3.8) is 0 Å². The fourth-order valence-corrected chi connectivity index (χ4v) is 0.732. The van der Waals surface area contributed by atoms with E-state index in [1.807, 2.05) is 0 Å². The van der Waals surface area contributed by atoms with Crippen LogP contribution in [0.4, 0.5) is 0 Å². The summed E-state index contributed by atoms with van der Waals surface area (Å²) >= 11 is 0. The second-order valence-electron chi connectivity index (χ2n) is 2.28. The lowest BCUT2D eigenvalue weighted by atomic mass is 10.4. The van der Waals surface area contributed by atoms with Crippen molar-refractivity contribution < 1.29 is 19.1 Å². The number of nitrogens with zero attached hydrogens (tertiary/aromatic N) is 1. The fourth-order valence-electron chi connectivity index (χ4n) is 0.732. The maximum Gasteiger partial charge on any atom is 0.396 e. The molecule has 0 aliphatic carbocycles. The Labute approximate surface area is 75.6 Å². The van der Waals surface area contributed by atoms with Gasteiger partial charge in [-0.25, -0.2) is 4.79 Å². The van der Waals surface area contributed by atoms with Crippen LogP contribution in [0.2, 0.25) is 0 Å². The third kappa shape index (κ3) is 3.55. The summed E-state index contributed by atoms with van der Waals surface area (Å²) in [6.07, 6.45) is 0. The molecule has 6 nitrogen and oxygen atoms in total. The molecular formula is C7H12N2O4. The van der Waals surface area contributed by atoms with Gasteiger partial charge in [-0.05, 0) is 6.92 Å². The van der Waals surface area contributed by atoms with E-state index in [0.717, 1.165) is 12.0 Å². The third-order valence-electron chi connectivity index (χ3n) is 1.38. The van der Waals surface area contributed by atoms with E-state index in [2.05, 4.69) is 4.74 Å². The number of carbonyl (C=O) groups is 3. The molecule has 2 amide bonds. The first-order chi connectivity index (χ1) is 6.02. The highest BCUT2D eigenvalue weighted by Crippen LogP contribution is 1.90. The predicted octanol–water partition coefficient (Wildman–Crippen LogP) is -1.51. The van der Waals surface area contributed by atoms with E-state index in [9.17, 15) is 14.4 Å². The normalized spacial score (nSPS) is 9.08.